The molecule has 1 aromatic carbocycles. The Labute approximate surface area is 119 Å². The fourth-order valence-corrected chi connectivity index (χ4v) is 2.88. The normalized spacial score (nSPS) is 22.8. The Balaban J connectivity index is 1.94. The van der Waals surface area contributed by atoms with Gasteiger partial charge in [0.25, 0.3) is 0 Å². The van der Waals surface area contributed by atoms with Gasteiger partial charge in [-0.1, -0.05) is 25.6 Å². The number of nitrogens with zero attached hydrogens (tertiary/aromatic N) is 1. The zero-order valence-electron chi connectivity index (χ0n) is 11.8. The van der Waals surface area contributed by atoms with Gasteiger partial charge in [-0.15, -0.1) is 0 Å². The Morgan fingerprint density at radius 2 is 2.05 bits per heavy atom. The van der Waals surface area contributed by atoms with E-state index < -0.39 is 0 Å². The average molecular weight is 278 g/mol. The van der Waals surface area contributed by atoms with Crippen LogP contribution in [-0.2, 0) is 0 Å². The molecule has 0 saturated heterocycles. The molecule has 1 N–H and O–H groups in total. The molecule has 104 valence electrons. The molecule has 3 nitrogen and oxygen atoms in total. The maximum Gasteiger partial charge on any atom is 0.161 e. The van der Waals surface area contributed by atoms with Crippen molar-refractivity contribution in [1.29, 1.82) is 0 Å². The van der Waals surface area contributed by atoms with E-state index in [1.165, 1.54) is 0 Å². The fourth-order valence-electron chi connectivity index (χ4n) is 1.75. The Morgan fingerprint density at radius 1 is 1.32 bits per heavy atom. The van der Waals surface area contributed by atoms with Crippen molar-refractivity contribution >= 4 is 22.6 Å². The first kappa shape index (κ1) is 14.3. The molecule has 0 fully saturated rings. The number of nitrogens with one attached hydrogen (secondary N) is 1. The predicted molar refractivity (Wildman–Crippen MR) is 84.4 cm³/mol. The number of anilines is 1. The lowest BCUT2D eigenvalue weighted by Crippen LogP contribution is -2.25. The summed E-state index contributed by atoms with van der Waals surface area (Å²) in [5.74, 6) is 2.71. The highest BCUT2D eigenvalue weighted by atomic mass is 32.2. The quantitative estimate of drug-likeness (QED) is 0.903. The van der Waals surface area contributed by atoms with E-state index in [1.54, 1.807) is 11.8 Å². The van der Waals surface area contributed by atoms with Crippen LogP contribution in [0.5, 0.6) is 5.75 Å². The second kappa shape index (κ2) is 6.85. The topological polar surface area (TPSA) is 33.6 Å². The van der Waals surface area contributed by atoms with Crippen molar-refractivity contribution in [2.75, 3.05) is 17.7 Å². The molecular formula is C15H22N2OS. The van der Waals surface area contributed by atoms with E-state index in [2.05, 4.69) is 31.1 Å². The molecule has 0 saturated carbocycles. The Kier molecular flexibility index (Phi) is 5.14. The molecule has 0 radical (unpaired) electrons. The van der Waals surface area contributed by atoms with E-state index in [0.717, 1.165) is 35.4 Å². The number of hydrogen-bond donors (Lipinski definition) is 1. The summed E-state index contributed by atoms with van der Waals surface area (Å²) in [6.07, 6.45) is 1.03. The van der Waals surface area contributed by atoms with Gasteiger partial charge in [-0.2, -0.15) is 0 Å². The summed E-state index contributed by atoms with van der Waals surface area (Å²) in [5.41, 5.74) is 1.07. The summed E-state index contributed by atoms with van der Waals surface area (Å²) in [5, 5.41) is 4.39. The first-order chi connectivity index (χ1) is 9.19. The number of ether oxygens (including phenoxy) is 1. The Morgan fingerprint density at radius 3 is 2.68 bits per heavy atom. The lowest BCUT2D eigenvalue weighted by atomic mass is 10.1. The van der Waals surface area contributed by atoms with Crippen LogP contribution in [0.25, 0.3) is 0 Å². The van der Waals surface area contributed by atoms with Gasteiger partial charge in [-0.05, 0) is 43.5 Å². The van der Waals surface area contributed by atoms with Crippen LogP contribution in [0.4, 0.5) is 5.69 Å². The van der Waals surface area contributed by atoms with Crippen LogP contribution in [0.1, 0.15) is 27.2 Å². The van der Waals surface area contributed by atoms with Crippen LogP contribution in [0.3, 0.4) is 0 Å². The van der Waals surface area contributed by atoms with Gasteiger partial charge in [0.2, 0.25) is 0 Å². The van der Waals surface area contributed by atoms with Gasteiger partial charge in [-0.25, -0.2) is 0 Å². The SMILES string of the molecule is CCCOc1ccc(NC2=NC(C)C(C)CS2)cc1. The van der Waals surface area contributed by atoms with E-state index in [9.17, 15) is 0 Å². The maximum atomic E-state index is 5.57. The van der Waals surface area contributed by atoms with E-state index in [-0.39, 0.29) is 0 Å². The molecular weight excluding hydrogens is 256 g/mol. The molecule has 0 bridgehead atoms. The molecule has 1 aromatic rings. The monoisotopic (exact) mass is 278 g/mol. The molecule has 4 heteroatoms. The number of thioether (sulfide) groups is 1. The minimum absolute atomic E-state index is 0.399. The zero-order valence-corrected chi connectivity index (χ0v) is 12.7. The summed E-state index contributed by atoms with van der Waals surface area (Å²) in [6.45, 7) is 7.30. The van der Waals surface area contributed by atoms with Crippen LogP contribution < -0.4 is 10.1 Å². The number of rotatable bonds is 4. The van der Waals surface area contributed by atoms with Gasteiger partial charge in [0.15, 0.2) is 5.17 Å². The first-order valence-corrected chi connectivity index (χ1v) is 7.88. The number of benzene rings is 1. The molecule has 1 aliphatic heterocycles. The lowest BCUT2D eigenvalue weighted by Gasteiger charge is -2.23. The van der Waals surface area contributed by atoms with Crippen molar-refractivity contribution in [3.05, 3.63) is 24.3 Å². The highest BCUT2D eigenvalue weighted by Crippen LogP contribution is 2.24. The minimum Gasteiger partial charge on any atom is -0.494 e. The van der Waals surface area contributed by atoms with Gasteiger partial charge in [0.1, 0.15) is 5.75 Å². The Bertz CT molecular complexity index is 430. The summed E-state index contributed by atoms with van der Waals surface area (Å²) in [4.78, 5) is 4.67. The van der Waals surface area contributed by atoms with Crippen LogP contribution >= 0.6 is 11.8 Å². The predicted octanol–water partition coefficient (Wildman–Crippen LogP) is 4.01. The molecule has 0 spiro atoms. The molecule has 2 atom stereocenters. The van der Waals surface area contributed by atoms with Crippen molar-refractivity contribution in [2.24, 2.45) is 10.9 Å². The molecule has 2 rings (SSSR count). The summed E-state index contributed by atoms with van der Waals surface area (Å²) in [7, 11) is 0. The molecule has 0 amide bonds. The van der Waals surface area contributed by atoms with Crippen LogP contribution in [0.15, 0.2) is 29.3 Å². The largest absolute Gasteiger partial charge is 0.494 e. The summed E-state index contributed by atoms with van der Waals surface area (Å²) < 4.78 is 5.57. The zero-order chi connectivity index (χ0) is 13.7. The van der Waals surface area contributed by atoms with Crippen LogP contribution in [-0.4, -0.2) is 23.6 Å². The fraction of sp³-hybridized carbons (Fsp3) is 0.533. The second-order valence-electron chi connectivity index (χ2n) is 4.96. The Hall–Kier alpha value is -1.16. The summed E-state index contributed by atoms with van der Waals surface area (Å²) >= 11 is 1.80. The highest BCUT2D eigenvalue weighted by Gasteiger charge is 2.19. The van der Waals surface area contributed by atoms with Gasteiger partial charge in [-0.3, -0.25) is 4.99 Å². The number of amidine groups is 1. The minimum atomic E-state index is 0.399. The van der Waals surface area contributed by atoms with Gasteiger partial charge >= 0.3 is 0 Å². The third-order valence-electron chi connectivity index (χ3n) is 3.21. The van der Waals surface area contributed by atoms with E-state index in [4.69, 9.17) is 4.74 Å². The highest BCUT2D eigenvalue weighted by molar-refractivity contribution is 8.14. The molecule has 1 heterocycles. The number of aliphatic imine (C=N–C) groups is 1. The van der Waals surface area contributed by atoms with Crippen molar-refractivity contribution < 1.29 is 4.74 Å². The third kappa shape index (κ3) is 4.16. The van der Waals surface area contributed by atoms with Crippen molar-refractivity contribution in [1.82, 2.24) is 0 Å². The van der Waals surface area contributed by atoms with Crippen LogP contribution in [0.2, 0.25) is 0 Å². The standard InChI is InChI=1S/C15H22N2OS/c1-4-9-18-14-7-5-13(6-8-14)17-15-16-12(3)11(2)10-19-15/h5-8,11-12H,4,9-10H2,1-3H3,(H,16,17). The average Bonchev–Trinajstić information content (AvgIpc) is 2.42. The second-order valence-corrected chi connectivity index (χ2v) is 5.97. The molecule has 0 aliphatic carbocycles. The van der Waals surface area contributed by atoms with Gasteiger partial charge in [0, 0.05) is 11.4 Å². The summed E-state index contributed by atoms with van der Waals surface area (Å²) in [6, 6.07) is 8.47. The molecule has 19 heavy (non-hydrogen) atoms. The van der Waals surface area contributed by atoms with E-state index in [0.29, 0.717) is 12.0 Å². The van der Waals surface area contributed by atoms with E-state index >= 15 is 0 Å². The lowest BCUT2D eigenvalue weighted by molar-refractivity contribution is 0.317. The number of hydrogen-bond acceptors (Lipinski definition) is 4. The van der Waals surface area contributed by atoms with E-state index in [1.807, 2.05) is 24.3 Å². The molecule has 2 unspecified atom stereocenters. The molecule has 0 aromatic heterocycles. The van der Waals surface area contributed by atoms with Crippen molar-refractivity contribution in [3.63, 3.8) is 0 Å². The van der Waals surface area contributed by atoms with Crippen molar-refractivity contribution in [2.45, 2.75) is 33.2 Å². The molecule has 1 aliphatic rings. The smallest absolute Gasteiger partial charge is 0.161 e. The first-order valence-electron chi connectivity index (χ1n) is 6.89. The van der Waals surface area contributed by atoms with Gasteiger partial charge < -0.3 is 10.1 Å². The van der Waals surface area contributed by atoms with Crippen molar-refractivity contribution in [3.8, 4) is 5.75 Å². The van der Waals surface area contributed by atoms with Crippen LogP contribution in [0, 0.1) is 5.92 Å². The third-order valence-corrected chi connectivity index (χ3v) is 4.38. The maximum absolute atomic E-state index is 5.57. The van der Waals surface area contributed by atoms with Gasteiger partial charge in [0.05, 0.1) is 12.6 Å².